The molecule has 0 aliphatic carbocycles. The Labute approximate surface area is 134 Å². The average Bonchev–Trinajstić information content (AvgIpc) is 2.97. The molecule has 0 unspecified atom stereocenters. The number of carbonyl (C=O) groups excluding carboxylic acids is 2. The Morgan fingerprint density at radius 2 is 1.70 bits per heavy atom. The molecule has 0 saturated heterocycles. The van der Waals surface area contributed by atoms with Gasteiger partial charge in [-0.25, -0.2) is 17.6 Å². The van der Waals surface area contributed by atoms with Crippen LogP contribution in [-0.4, -0.2) is 31.1 Å². The molecule has 0 saturated carbocycles. The van der Waals surface area contributed by atoms with E-state index in [9.17, 15) is 27.2 Å². The van der Waals surface area contributed by atoms with Gasteiger partial charge < -0.3 is 5.11 Å². The zero-order valence-electron chi connectivity index (χ0n) is 11.4. The molecule has 1 heterocycles. The van der Waals surface area contributed by atoms with E-state index in [1.807, 2.05) is 0 Å². The number of Topliss-reactive ketones (excluding diaryl/α,β-unsaturated/α-hetero) is 2. The van der Waals surface area contributed by atoms with Crippen molar-refractivity contribution >= 4 is 38.7 Å². The molecule has 0 radical (unpaired) electrons. The minimum atomic E-state index is -4.07. The molecule has 0 fully saturated rings. The van der Waals surface area contributed by atoms with Crippen molar-refractivity contribution in [3.05, 3.63) is 47.1 Å². The van der Waals surface area contributed by atoms with Crippen LogP contribution in [0, 0.1) is 5.82 Å². The number of aliphatic carboxylic acids is 1. The van der Waals surface area contributed by atoms with E-state index in [4.69, 9.17) is 5.11 Å². The molecule has 120 valence electrons. The quantitative estimate of drug-likeness (QED) is 0.367. The molecular formula is C14H9FO6S2. The zero-order chi connectivity index (χ0) is 17.2. The van der Waals surface area contributed by atoms with E-state index in [1.54, 1.807) is 0 Å². The maximum Gasteiger partial charge on any atom is 0.372 e. The van der Waals surface area contributed by atoms with Gasteiger partial charge in [0.15, 0.2) is 5.78 Å². The second-order valence-electron chi connectivity index (χ2n) is 4.41. The molecule has 2 rings (SSSR count). The standard InChI is InChI=1S/C14H9FO6S2/c15-8-1-3-9(4-2-8)23(20,21)14-10(5-6-22-14)11(16)7-12(17)13(18)19/h1-6H,7H2,(H,18,19). The lowest BCUT2D eigenvalue weighted by molar-refractivity contribution is -0.148. The molecule has 2 aromatic rings. The lowest BCUT2D eigenvalue weighted by atomic mass is 10.1. The van der Waals surface area contributed by atoms with Crippen LogP contribution in [0.1, 0.15) is 16.8 Å². The zero-order valence-corrected chi connectivity index (χ0v) is 13.0. The first-order valence-corrected chi connectivity index (χ1v) is 8.47. The van der Waals surface area contributed by atoms with Gasteiger partial charge in [-0.3, -0.25) is 9.59 Å². The van der Waals surface area contributed by atoms with Crippen LogP contribution in [0.4, 0.5) is 4.39 Å². The fourth-order valence-corrected chi connectivity index (χ4v) is 4.53. The predicted octanol–water partition coefficient (Wildman–Crippen LogP) is 1.95. The van der Waals surface area contributed by atoms with Crippen molar-refractivity contribution in [1.29, 1.82) is 0 Å². The van der Waals surface area contributed by atoms with Crippen molar-refractivity contribution < 1.29 is 32.3 Å². The first-order chi connectivity index (χ1) is 10.7. The second kappa shape index (κ2) is 6.39. The Bertz CT molecular complexity index is 880. The summed E-state index contributed by atoms with van der Waals surface area (Å²) < 4.78 is 37.6. The van der Waals surface area contributed by atoms with Crippen LogP contribution in [0.15, 0.2) is 44.8 Å². The Morgan fingerprint density at radius 3 is 2.26 bits per heavy atom. The molecule has 23 heavy (non-hydrogen) atoms. The van der Waals surface area contributed by atoms with Crippen molar-refractivity contribution in [3.8, 4) is 0 Å². The maximum atomic E-state index is 12.9. The van der Waals surface area contributed by atoms with E-state index < -0.39 is 39.6 Å². The van der Waals surface area contributed by atoms with Crippen molar-refractivity contribution in [2.75, 3.05) is 0 Å². The van der Waals surface area contributed by atoms with Crippen molar-refractivity contribution in [2.45, 2.75) is 15.5 Å². The number of ketones is 2. The molecule has 0 aliphatic heterocycles. The van der Waals surface area contributed by atoms with Crippen LogP contribution >= 0.6 is 11.3 Å². The first-order valence-electron chi connectivity index (χ1n) is 6.11. The summed E-state index contributed by atoms with van der Waals surface area (Å²) in [6.45, 7) is 0. The SMILES string of the molecule is O=C(O)C(=O)CC(=O)c1ccsc1S(=O)(=O)c1ccc(F)cc1. The van der Waals surface area contributed by atoms with Gasteiger partial charge in [0, 0.05) is 5.56 Å². The summed E-state index contributed by atoms with van der Waals surface area (Å²) in [5.74, 6) is -4.61. The fourth-order valence-electron chi connectivity index (χ4n) is 1.75. The Morgan fingerprint density at radius 1 is 1.09 bits per heavy atom. The molecule has 1 aromatic heterocycles. The number of sulfone groups is 1. The van der Waals surface area contributed by atoms with Crippen molar-refractivity contribution in [2.24, 2.45) is 0 Å². The van der Waals surface area contributed by atoms with E-state index >= 15 is 0 Å². The lowest BCUT2D eigenvalue weighted by Crippen LogP contribution is -2.18. The highest BCUT2D eigenvalue weighted by atomic mass is 32.2. The summed E-state index contributed by atoms with van der Waals surface area (Å²) >= 11 is 0.758. The molecule has 0 bridgehead atoms. The smallest absolute Gasteiger partial charge is 0.372 e. The molecule has 0 spiro atoms. The molecule has 1 aromatic carbocycles. The molecule has 0 atom stereocenters. The van der Waals surface area contributed by atoms with Gasteiger partial charge in [0.2, 0.25) is 15.6 Å². The van der Waals surface area contributed by atoms with Gasteiger partial charge in [-0.1, -0.05) is 0 Å². The minimum Gasteiger partial charge on any atom is -0.475 e. The number of carboxylic acids is 1. The third kappa shape index (κ3) is 3.51. The summed E-state index contributed by atoms with van der Waals surface area (Å²) in [5.41, 5.74) is -0.256. The number of carboxylic acid groups (broad SMARTS) is 1. The summed E-state index contributed by atoms with van der Waals surface area (Å²) in [5, 5.41) is 9.85. The fraction of sp³-hybridized carbons (Fsp3) is 0.0714. The summed E-state index contributed by atoms with van der Waals surface area (Å²) in [4.78, 5) is 33.4. The molecule has 1 N–H and O–H groups in total. The minimum absolute atomic E-state index is 0.208. The number of hydrogen-bond acceptors (Lipinski definition) is 6. The molecular weight excluding hydrogens is 347 g/mol. The van der Waals surface area contributed by atoms with Crippen LogP contribution < -0.4 is 0 Å². The van der Waals surface area contributed by atoms with Gasteiger partial charge in [0.1, 0.15) is 10.0 Å². The number of thiophene rings is 1. The summed E-state index contributed by atoms with van der Waals surface area (Å²) in [6, 6.07) is 5.26. The molecule has 9 heteroatoms. The van der Waals surface area contributed by atoms with E-state index in [1.165, 1.54) is 11.4 Å². The normalized spacial score (nSPS) is 11.2. The number of benzene rings is 1. The highest BCUT2D eigenvalue weighted by Gasteiger charge is 2.28. The molecule has 0 aliphatic rings. The van der Waals surface area contributed by atoms with E-state index in [2.05, 4.69) is 0 Å². The monoisotopic (exact) mass is 356 g/mol. The van der Waals surface area contributed by atoms with Gasteiger partial charge in [-0.15, -0.1) is 11.3 Å². The van der Waals surface area contributed by atoms with Crippen LogP contribution in [0.25, 0.3) is 0 Å². The maximum absolute atomic E-state index is 12.9. The number of rotatable bonds is 6. The topological polar surface area (TPSA) is 106 Å². The molecule has 0 amide bonds. The van der Waals surface area contributed by atoms with Crippen LogP contribution in [0.5, 0.6) is 0 Å². The van der Waals surface area contributed by atoms with E-state index in [0.717, 1.165) is 35.6 Å². The predicted molar refractivity (Wildman–Crippen MR) is 77.8 cm³/mol. The van der Waals surface area contributed by atoms with Crippen LogP contribution in [-0.2, 0) is 19.4 Å². The number of hydrogen-bond donors (Lipinski definition) is 1. The van der Waals surface area contributed by atoms with Crippen molar-refractivity contribution in [1.82, 2.24) is 0 Å². The number of halogens is 1. The van der Waals surface area contributed by atoms with Gasteiger partial charge in [-0.2, -0.15) is 0 Å². The third-order valence-electron chi connectivity index (χ3n) is 2.86. The van der Waals surface area contributed by atoms with E-state index in [0.29, 0.717) is 0 Å². The third-order valence-corrected chi connectivity index (χ3v) is 6.11. The average molecular weight is 356 g/mol. The van der Waals surface area contributed by atoms with Gasteiger partial charge in [-0.05, 0) is 35.7 Å². The molecule has 6 nitrogen and oxygen atoms in total. The van der Waals surface area contributed by atoms with Crippen molar-refractivity contribution in [3.63, 3.8) is 0 Å². The van der Waals surface area contributed by atoms with Gasteiger partial charge in [0.05, 0.1) is 11.3 Å². The van der Waals surface area contributed by atoms with Crippen LogP contribution in [0.3, 0.4) is 0 Å². The van der Waals surface area contributed by atoms with E-state index in [-0.39, 0.29) is 14.7 Å². The largest absolute Gasteiger partial charge is 0.475 e. The number of carbonyl (C=O) groups is 3. The summed E-state index contributed by atoms with van der Waals surface area (Å²) in [6.07, 6.45) is -0.933. The second-order valence-corrected chi connectivity index (χ2v) is 7.47. The highest BCUT2D eigenvalue weighted by Crippen LogP contribution is 2.30. The van der Waals surface area contributed by atoms with Gasteiger partial charge in [0.25, 0.3) is 0 Å². The van der Waals surface area contributed by atoms with Crippen LogP contribution in [0.2, 0.25) is 0 Å². The summed E-state index contributed by atoms with van der Waals surface area (Å²) in [7, 11) is -4.07. The Hall–Kier alpha value is -2.39. The Kier molecular flexibility index (Phi) is 4.71. The Balaban J connectivity index is 2.40. The lowest BCUT2D eigenvalue weighted by Gasteiger charge is -2.05. The first kappa shape index (κ1) is 17.0. The highest BCUT2D eigenvalue weighted by molar-refractivity contribution is 7.93. The van der Waals surface area contributed by atoms with Gasteiger partial charge >= 0.3 is 5.97 Å².